The van der Waals surface area contributed by atoms with Crippen LogP contribution in [0.5, 0.6) is 0 Å². The van der Waals surface area contributed by atoms with Gasteiger partial charge in [-0.2, -0.15) is 0 Å². The zero-order chi connectivity index (χ0) is 21.2. The lowest BCUT2D eigenvalue weighted by Gasteiger charge is -2.20. The van der Waals surface area contributed by atoms with Crippen molar-refractivity contribution in [1.29, 1.82) is 0 Å². The molecule has 0 aromatic heterocycles. The summed E-state index contributed by atoms with van der Waals surface area (Å²) >= 11 is 0. The second-order valence-electron chi connectivity index (χ2n) is 8.70. The van der Waals surface area contributed by atoms with Gasteiger partial charge in [-0.3, -0.25) is 0 Å². The third-order valence-corrected chi connectivity index (χ3v) is 7.05. The van der Waals surface area contributed by atoms with E-state index in [2.05, 4.69) is 109 Å². The zero-order valence-corrected chi connectivity index (χ0v) is 17.5. The summed E-state index contributed by atoms with van der Waals surface area (Å²) in [5.74, 6) is 0.205. The lowest BCUT2D eigenvalue weighted by atomic mass is 9.83. The Labute approximate surface area is 186 Å². The molecular formula is C31H21N. The van der Waals surface area contributed by atoms with E-state index in [0.29, 0.717) is 0 Å². The molecule has 6 aromatic carbocycles. The molecule has 0 saturated heterocycles. The number of rotatable bonds is 1. The Balaban J connectivity index is 1.80. The highest BCUT2D eigenvalue weighted by atomic mass is 14.6. The average Bonchev–Trinajstić information content (AvgIpc) is 3.20. The fraction of sp³-hybridized carbons (Fsp3) is 0.0323. The van der Waals surface area contributed by atoms with Crippen molar-refractivity contribution in [3.8, 4) is 11.1 Å². The molecule has 0 amide bonds. The van der Waals surface area contributed by atoms with Crippen molar-refractivity contribution in [2.45, 2.75) is 5.92 Å². The fourth-order valence-corrected chi connectivity index (χ4v) is 5.83. The molecule has 1 aliphatic rings. The molecule has 2 N–H and O–H groups in total. The van der Waals surface area contributed by atoms with Crippen LogP contribution in [0.3, 0.4) is 0 Å². The molecule has 0 fully saturated rings. The van der Waals surface area contributed by atoms with Gasteiger partial charge in [0.1, 0.15) is 0 Å². The first kappa shape index (κ1) is 17.6. The number of anilines is 1. The first-order valence-corrected chi connectivity index (χ1v) is 11.1. The summed E-state index contributed by atoms with van der Waals surface area (Å²) in [5, 5.41) is 7.43. The Hall–Kier alpha value is -4.10. The van der Waals surface area contributed by atoms with Crippen LogP contribution in [-0.2, 0) is 0 Å². The largest absolute Gasteiger partial charge is 0.398 e. The average molecular weight is 408 g/mol. The van der Waals surface area contributed by atoms with E-state index in [4.69, 9.17) is 5.73 Å². The molecule has 150 valence electrons. The molecule has 0 bridgehead atoms. The lowest BCUT2D eigenvalue weighted by molar-refractivity contribution is 1.03. The van der Waals surface area contributed by atoms with Gasteiger partial charge in [0.15, 0.2) is 0 Å². The maximum Gasteiger partial charge on any atom is 0.0406 e. The Morgan fingerprint density at radius 1 is 0.562 bits per heavy atom. The van der Waals surface area contributed by atoms with Crippen molar-refractivity contribution in [3.63, 3.8) is 0 Å². The summed E-state index contributed by atoms with van der Waals surface area (Å²) in [6, 6.07) is 39.3. The van der Waals surface area contributed by atoms with Crippen LogP contribution in [0.25, 0.3) is 43.4 Å². The molecule has 0 aliphatic heterocycles. The fourth-order valence-electron chi connectivity index (χ4n) is 5.83. The summed E-state index contributed by atoms with van der Waals surface area (Å²) in [6.45, 7) is 0. The number of hydrogen-bond donors (Lipinski definition) is 1. The first-order valence-electron chi connectivity index (χ1n) is 11.1. The molecule has 1 nitrogen and oxygen atoms in total. The highest BCUT2D eigenvalue weighted by molar-refractivity contribution is 6.29. The van der Waals surface area contributed by atoms with Gasteiger partial charge < -0.3 is 5.73 Å². The molecule has 0 saturated carbocycles. The standard InChI is InChI=1S/C31H21N/c32-26-18-20-12-4-5-13-21(20)29-28(26)23-15-7-9-17-25(23)30-27(19-10-2-1-3-11-19)22-14-6-8-16-24(22)31(29)30/h1-18,27H,32H2. The minimum absolute atomic E-state index is 0.205. The quantitative estimate of drug-likeness (QED) is 0.217. The van der Waals surface area contributed by atoms with Gasteiger partial charge in [-0.15, -0.1) is 0 Å². The summed E-state index contributed by atoms with van der Waals surface area (Å²) < 4.78 is 0. The number of nitrogen functional groups attached to an aromatic ring is 1. The Morgan fingerprint density at radius 2 is 1.22 bits per heavy atom. The minimum Gasteiger partial charge on any atom is -0.398 e. The predicted octanol–water partition coefficient (Wildman–Crippen LogP) is 7.89. The summed E-state index contributed by atoms with van der Waals surface area (Å²) in [6.07, 6.45) is 0. The second-order valence-corrected chi connectivity index (χ2v) is 8.70. The lowest BCUT2D eigenvalue weighted by Crippen LogP contribution is -2.01. The molecule has 0 spiro atoms. The van der Waals surface area contributed by atoms with Crippen LogP contribution in [0, 0.1) is 0 Å². The number of benzene rings is 6. The number of nitrogens with two attached hydrogens (primary N) is 1. The van der Waals surface area contributed by atoms with Gasteiger partial charge >= 0.3 is 0 Å². The zero-order valence-electron chi connectivity index (χ0n) is 17.5. The number of hydrogen-bond acceptors (Lipinski definition) is 1. The first-order chi connectivity index (χ1) is 15.8. The molecule has 1 unspecified atom stereocenters. The van der Waals surface area contributed by atoms with Crippen molar-refractivity contribution >= 4 is 38.0 Å². The summed E-state index contributed by atoms with van der Waals surface area (Å²) in [5.41, 5.74) is 14.4. The molecule has 0 heterocycles. The third-order valence-electron chi connectivity index (χ3n) is 7.05. The molecule has 32 heavy (non-hydrogen) atoms. The van der Waals surface area contributed by atoms with Gasteiger partial charge in [0, 0.05) is 22.4 Å². The molecule has 1 atom stereocenters. The van der Waals surface area contributed by atoms with Crippen molar-refractivity contribution in [3.05, 3.63) is 126 Å². The highest BCUT2D eigenvalue weighted by Gasteiger charge is 2.34. The van der Waals surface area contributed by atoms with Crippen LogP contribution in [0.4, 0.5) is 5.69 Å². The molecular weight excluding hydrogens is 386 g/mol. The topological polar surface area (TPSA) is 26.0 Å². The van der Waals surface area contributed by atoms with E-state index < -0.39 is 0 Å². The molecule has 6 aromatic rings. The van der Waals surface area contributed by atoms with E-state index in [-0.39, 0.29) is 5.92 Å². The Morgan fingerprint density at radius 3 is 2.06 bits per heavy atom. The van der Waals surface area contributed by atoms with Gasteiger partial charge in [0.25, 0.3) is 0 Å². The van der Waals surface area contributed by atoms with E-state index in [1.165, 1.54) is 60.1 Å². The SMILES string of the molecule is Nc1cc2ccccc2c2c3c(c4ccccc4c12)C(c1ccccc1)c1ccccc1-3. The van der Waals surface area contributed by atoms with Crippen LogP contribution in [0.2, 0.25) is 0 Å². The third kappa shape index (κ3) is 2.23. The monoisotopic (exact) mass is 407 g/mol. The normalized spacial score (nSPS) is 14.7. The van der Waals surface area contributed by atoms with E-state index >= 15 is 0 Å². The van der Waals surface area contributed by atoms with E-state index in [9.17, 15) is 0 Å². The smallest absolute Gasteiger partial charge is 0.0406 e. The summed E-state index contributed by atoms with van der Waals surface area (Å²) in [4.78, 5) is 0. The molecule has 0 radical (unpaired) electrons. The molecule has 1 aliphatic carbocycles. The second kappa shape index (κ2) is 6.45. The van der Waals surface area contributed by atoms with Crippen molar-refractivity contribution in [2.75, 3.05) is 5.73 Å². The molecule has 1 heteroatoms. The van der Waals surface area contributed by atoms with Crippen LogP contribution >= 0.6 is 0 Å². The minimum atomic E-state index is 0.205. The number of fused-ring (bicyclic) bond motifs is 10. The van der Waals surface area contributed by atoms with Crippen molar-refractivity contribution in [1.82, 2.24) is 0 Å². The maximum absolute atomic E-state index is 6.75. The van der Waals surface area contributed by atoms with E-state index in [1.807, 2.05) is 0 Å². The Bertz CT molecular complexity index is 1680. The van der Waals surface area contributed by atoms with Crippen LogP contribution in [0.15, 0.2) is 109 Å². The van der Waals surface area contributed by atoms with E-state index in [0.717, 1.165) is 5.69 Å². The van der Waals surface area contributed by atoms with E-state index in [1.54, 1.807) is 0 Å². The molecule has 7 rings (SSSR count). The van der Waals surface area contributed by atoms with Gasteiger partial charge in [-0.1, -0.05) is 103 Å². The van der Waals surface area contributed by atoms with Crippen LogP contribution in [0.1, 0.15) is 22.6 Å². The van der Waals surface area contributed by atoms with Crippen LogP contribution in [-0.4, -0.2) is 0 Å². The van der Waals surface area contributed by atoms with Gasteiger partial charge in [-0.05, 0) is 55.4 Å². The van der Waals surface area contributed by atoms with Crippen LogP contribution < -0.4 is 5.73 Å². The van der Waals surface area contributed by atoms with Gasteiger partial charge in [-0.25, -0.2) is 0 Å². The predicted molar refractivity (Wildman–Crippen MR) is 136 cm³/mol. The summed E-state index contributed by atoms with van der Waals surface area (Å²) in [7, 11) is 0. The van der Waals surface area contributed by atoms with Crippen molar-refractivity contribution in [2.24, 2.45) is 0 Å². The van der Waals surface area contributed by atoms with Gasteiger partial charge in [0.2, 0.25) is 0 Å². The van der Waals surface area contributed by atoms with Crippen molar-refractivity contribution < 1.29 is 0 Å². The highest BCUT2D eigenvalue weighted by Crippen LogP contribution is 2.55. The Kier molecular flexibility index (Phi) is 3.54. The van der Waals surface area contributed by atoms with Gasteiger partial charge in [0.05, 0.1) is 0 Å². The maximum atomic E-state index is 6.75.